The second-order valence-electron chi connectivity index (χ2n) is 3.25. The molecular formula is C11H12FN3O2. The van der Waals surface area contributed by atoms with Crippen molar-refractivity contribution >= 4 is 6.03 Å². The molecule has 2 amide bonds. The van der Waals surface area contributed by atoms with Crippen LogP contribution in [-0.2, 0) is 6.54 Å². The van der Waals surface area contributed by atoms with Crippen molar-refractivity contribution in [2.45, 2.75) is 6.54 Å². The van der Waals surface area contributed by atoms with E-state index in [0.29, 0.717) is 5.56 Å². The fourth-order valence-electron chi connectivity index (χ4n) is 1.19. The lowest BCUT2D eigenvalue weighted by Crippen LogP contribution is -2.36. The van der Waals surface area contributed by atoms with Crippen LogP contribution in [0, 0.1) is 17.1 Å². The van der Waals surface area contributed by atoms with E-state index in [4.69, 9.17) is 10.4 Å². The average molecular weight is 237 g/mol. The van der Waals surface area contributed by atoms with E-state index in [1.807, 2.05) is 6.07 Å². The zero-order chi connectivity index (χ0) is 12.7. The molecule has 1 rings (SSSR count). The Kier molecular flexibility index (Phi) is 4.91. The monoisotopic (exact) mass is 237 g/mol. The van der Waals surface area contributed by atoms with Crippen LogP contribution in [-0.4, -0.2) is 24.3 Å². The summed E-state index contributed by atoms with van der Waals surface area (Å²) in [6.45, 7) is -0.0448. The Morgan fingerprint density at radius 2 is 2.24 bits per heavy atom. The Hall–Kier alpha value is -2.13. The molecule has 0 saturated carbocycles. The normalized spacial score (nSPS) is 9.47. The number of hydrogen-bond donors (Lipinski definition) is 3. The van der Waals surface area contributed by atoms with Crippen LogP contribution in [0.3, 0.4) is 0 Å². The van der Waals surface area contributed by atoms with Crippen molar-refractivity contribution in [2.75, 3.05) is 13.2 Å². The third-order valence-corrected chi connectivity index (χ3v) is 2.01. The molecule has 0 atom stereocenters. The number of rotatable bonds is 4. The summed E-state index contributed by atoms with van der Waals surface area (Å²) in [7, 11) is 0. The number of carbonyl (C=O) groups is 1. The molecular weight excluding hydrogens is 225 g/mol. The van der Waals surface area contributed by atoms with Crippen molar-refractivity contribution in [3.8, 4) is 6.07 Å². The van der Waals surface area contributed by atoms with Gasteiger partial charge in [-0.2, -0.15) is 5.26 Å². The van der Waals surface area contributed by atoms with E-state index in [2.05, 4.69) is 10.6 Å². The van der Waals surface area contributed by atoms with Gasteiger partial charge < -0.3 is 15.7 Å². The molecule has 0 spiro atoms. The number of nitrogens with zero attached hydrogens (tertiary/aromatic N) is 1. The van der Waals surface area contributed by atoms with Crippen LogP contribution < -0.4 is 10.6 Å². The van der Waals surface area contributed by atoms with Crippen LogP contribution in [0.2, 0.25) is 0 Å². The number of halogens is 1. The van der Waals surface area contributed by atoms with Crippen molar-refractivity contribution in [1.29, 1.82) is 5.26 Å². The maximum atomic E-state index is 13.3. The quantitative estimate of drug-likeness (QED) is 0.712. The predicted octanol–water partition coefficient (Wildman–Crippen LogP) is 0.489. The molecule has 0 aliphatic rings. The minimum atomic E-state index is -0.499. The summed E-state index contributed by atoms with van der Waals surface area (Å²) in [5, 5.41) is 21.9. The van der Waals surface area contributed by atoms with Gasteiger partial charge in [-0.15, -0.1) is 0 Å². The third-order valence-electron chi connectivity index (χ3n) is 2.01. The van der Waals surface area contributed by atoms with E-state index < -0.39 is 11.8 Å². The number of aliphatic hydroxyl groups is 1. The van der Waals surface area contributed by atoms with Gasteiger partial charge in [0.1, 0.15) is 5.82 Å². The van der Waals surface area contributed by atoms with Crippen molar-refractivity contribution in [3.63, 3.8) is 0 Å². The average Bonchev–Trinajstić information content (AvgIpc) is 2.35. The van der Waals surface area contributed by atoms with Crippen LogP contribution >= 0.6 is 0 Å². The highest BCUT2D eigenvalue weighted by Crippen LogP contribution is 2.09. The minimum absolute atomic E-state index is 0.0153. The zero-order valence-corrected chi connectivity index (χ0v) is 9.03. The molecule has 0 heterocycles. The zero-order valence-electron chi connectivity index (χ0n) is 9.03. The lowest BCUT2D eigenvalue weighted by atomic mass is 10.1. The van der Waals surface area contributed by atoms with Crippen molar-refractivity contribution < 1.29 is 14.3 Å². The number of nitrogens with one attached hydrogen (secondary N) is 2. The summed E-state index contributed by atoms with van der Waals surface area (Å²) in [4.78, 5) is 11.1. The van der Waals surface area contributed by atoms with Crippen molar-refractivity contribution in [3.05, 3.63) is 35.1 Å². The molecule has 0 aliphatic carbocycles. The molecule has 0 aliphatic heterocycles. The van der Waals surface area contributed by atoms with Crippen LogP contribution in [0.25, 0.3) is 0 Å². The van der Waals surface area contributed by atoms with E-state index in [1.54, 1.807) is 0 Å². The molecule has 17 heavy (non-hydrogen) atoms. The number of amides is 2. The third kappa shape index (κ3) is 4.09. The Morgan fingerprint density at radius 1 is 1.47 bits per heavy atom. The standard InChI is InChI=1S/C11H12FN3O2/c12-10-2-1-8(6-13)5-9(10)7-15-11(17)14-3-4-16/h1-2,5,16H,3-4,7H2,(H2,14,15,17). The fourth-order valence-corrected chi connectivity index (χ4v) is 1.19. The van der Waals surface area contributed by atoms with E-state index in [1.165, 1.54) is 18.2 Å². The first kappa shape index (κ1) is 12.9. The molecule has 90 valence electrons. The van der Waals surface area contributed by atoms with Gasteiger partial charge >= 0.3 is 6.03 Å². The van der Waals surface area contributed by atoms with E-state index in [0.717, 1.165) is 0 Å². The SMILES string of the molecule is N#Cc1ccc(F)c(CNC(=O)NCCO)c1. The van der Waals surface area contributed by atoms with Gasteiger partial charge in [0.25, 0.3) is 0 Å². The summed E-state index contributed by atoms with van der Waals surface area (Å²) < 4.78 is 13.3. The molecule has 0 fully saturated rings. The van der Waals surface area contributed by atoms with Gasteiger partial charge in [0.15, 0.2) is 0 Å². The smallest absolute Gasteiger partial charge is 0.315 e. The first-order valence-electron chi connectivity index (χ1n) is 4.98. The second kappa shape index (κ2) is 6.45. The van der Waals surface area contributed by atoms with Gasteiger partial charge in [-0.25, -0.2) is 9.18 Å². The van der Waals surface area contributed by atoms with Crippen LogP contribution in [0.4, 0.5) is 9.18 Å². The Labute approximate surface area is 97.9 Å². The minimum Gasteiger partial charge on any atom is -0.395 e. The van der Waals surface area contributed by atoms with Gasteiger partial charge in [-0.3, -0.25) is 0 Å². The molecule has 1 aromatic rings. The molecule has 3 N–H and O–H groups in total. The van der Waals surface area contributed by atoms with E-state index in [9.17, 15) is 9.18 Å². The van der Waals surface area contributed by atoms with Crippen molar-refractivity contribution in [2.24, 2.45) is 0 Å². The maximum absolute atomic E-state index is 13.3. The molecule has 5 nitrogen and oxygen atoms in total. The summed E-state index contributed by atoms with van der Waals surface area (Å²) in [5.41, 5.74) is 0.571. The number of aliphatic hydroxyl groups excluding tert-OH is 1. The summed E-state index contributed by atoms with van der Waals surface area (Å²) >= 11 is 0. The topological polar surface area (TPSA) is 85.2 Å². The first-order valence-corrected chi connectivity index (χ1v) is 4.98. The number of urea groups is 1. The summed E-state index contributed by atoms with van der Waals surface area (Å²) in [6, 6.07) is 5.31. The lowest BCUT2D eigenvalue weighted by molar-refractivity contribution is 0.234. The Balaban J connectivity index is 2.57. The van der Waals surface area contributed by atoms with Crippen LogP contribution in [0.1, 0.15) is 11.1 Å². The highest BCUT2D eigenvalue weighted by atomic mass is 19.1. The van der Waals surface area contributed by atoms with Gasteiger partial charge in [0, 0.05) is 18.7 Å². The van der Waals surface area contributed by atoms with Gasteiger partial charge in [-0.1, -0.05) is 0 Å². The molecule has 0 unspecified atom stereocenters. The first-order chi connectivity index (χ1) is 8.17. The van der Waals surface area contributed by atoms with E-state index in [-0.39, 0.29) is 25.3 Å². The van der Waals surface area contributed by atoms with Gasteiger partial charge in [0.2, 0.25) is 0 Å². The number of hydrogen-bond acceptors (Lipinski definition) is 3. The molecule has 6 heteroatoms. The molecule has 0 radical (unpaired) electrons. The van der Waals surface area contributed by atoms with Gasteiger partial charge in [0.05, 0.1) is 18.2 Å². The lowest BCUT2D eigenvalue weighted by Gasteiger charge is -2.07. The second-order valence-corrected chi connectivity index (χ2v) is 3.25. The fraction of sp³-hybridized carbons (Fsp3) is 0.273. The van der Waals surface area contributed by atoms with E-state index >= 15 is 0 Å². The molecule has 0 bridgehead atoms. The largest absolute Gasteiger partial charge is 0.395 e. The number of carbonyl (C=O) groups excluding carboxylic acids is 1. The van der Waals surface area contributed by atoms with Crippen LogP contribution in [0.5, 0.6) is 0 Å². The summed E-state index contributed by atoms with van der Waals surface area (Å²) in [6.07, 6.45) is 0. The predicted molar refractivity (Wildman–Crippen MR) is 58.4 cm³/mol. The van der Waals surface area contributed by atoms with Crippen molar-refractivity contribution in [1.82, 2.24) is 10.6 Å². The Morgan fingerprint density at radius 3 is 2.88 bits per heavy atom. The molecule has 0 saturated heterocycles. The van der Waals surface area contributed by atoms with Gasteiger partial charge in [-0.05, 0) is 18.2 Å². The maximum Gasteiger partial charge on any atom is 0.315 e. The molecule has 1 aromatic carbocycles. The number of nitriles is 1. The van der Waals surface area contributed by atoms with Crippen LogP contribution in [0.15, 0.2) is 18.2 Å². The molecule has 0 aromatic heterocycles. The highest BCUT2D eigenvalue weighted by Gasteiger charge is 2.05. The number of benzene rings is 1. The highest BCUT2D eigenvalue weighted by molar-refractivity contribution is 5.73. The Bertz CT molecular complexity index is 443. The summed E-state index contributed by atoms with van der Waals surface area (Å²) in [5.74, 6) is -0.480.